The van der Waals surface area contributed by atoms with Crippen LogP contribution < -0.4 is 0 Å². The first kappa shape index (κ1) is 22.9. The number of hydrogen-bond acceptors (Lipinski definition) is 4. The predicted octanol–water partition coefficient (Wildman–Crippen LogP) is 4.05. The zero-order valence-corrected chi connectivity index (χ0v) is 17.3. The van der Waals surface area contributed by atoms with Gasteiger partial charge in [0.2, 0.25) is 5.91 Å². The SMILES string of the molecule is CCCCC1CCC(C(=O)N(CCCOCC)CC(C)C(=O)OC)CC1. The van der Waals surface area contributed by atoms with E-state index in [4.69, 9.17) is 9.47 Å². The Morgan fingerprint density at radius 1 is 1.12 bits per heavy atom. The van der Waals surface area contributed by atoms with Crippen molar-refractivity contribution in [2.75, 3.05) is 33.4 Å². The molecule has 1 atom stereocenters. The van der Waals surface area contributed by atoms with E-state index in [1.165, 1.54) is 26.4 Å². The van der Waals surface area contributed by atoms with Crippen molar-refractivity contribution in [3.8, 4) is 0 Å². The van der Waals surface area contributed by atoms with Crippen LogP contribution in [0.15, 0.2) is 0 Å². The lowest BCUT2D eigenvalue weighted by Crippen LogP contribution is -2.42. The lowest BCUT2D eigenvalue weighted by atomic mass is 9.79. The van der Waals surface area contributed by atoms with Gasteiger partial charge in [-0.15, -0.1) is 0 Å². The van der Waals surface area contributed by atoms with Crippen LogP contribution in [0, 0.1) is 17.8 Å². The molecule has 26 heavy (non-hydrogen) atoms. The Morgan fingerprint density at radius 3 is 2.38 bits per heavy atom. The van der Waals surface area contributed by atoms with E-state index in [2.05, 4.69) is 6.92 Å². The highest BCUT2D eigenvalue weighted by Crippen LogP contribution is 2.33. The Labute approximate surface area is 159 Å². The molecule has 0 aromatic heterocycles. The maximum Gasteiger partial charge on any atom is 0.310 e. The number of amides is 1. The van der Waals surface area contributed by atoms with Crippen molar-refractivity contribution in [3.63, 3.8) is 0 Å². The minimum atomic E-state index is -0.295. The first-order valence-electron chi connectivity index (χ1n) is 10.5. The van der Waals surface area contributed by atoms with Crippen LogP contribution in [-0.4, -0.2) is 50.2 Å². The highest BCUT2D eigenvalue weighted by molar-refractivity contribution is 5.80. The largest absolute Gasteiger partial charge is 0.469 e. The number of esters is 1. The Hall–Kier alpha value is -1.10. The molecule has 1 unspecified atom stereocenters. The number of hydrogen-bond donors (Lipinski definition) is 0. The molecule has 1 rings (SSSR count). The van der Waals surface area contributed by atoms with Crippen LogP contribution >= 0.6 is 0 Å². The Bertz CT molecular complexity index is 405. The number of nitrogens with zero attached hydrogens (tertiary/aromatic N) is 1. The van der Waals surface area contributed by atoms with Crippen molar-refractivity contribution in [2.24, 2.45) is 17.8 Å². The van der Waals surface area contributed by atoms with Gasteiger partial charge in [-0.1, -0.05) is 33.1 Å². The lowest BCUT2D eigenvalue weighted by Gasteiger charge is -2.33. The van der Waals surface area contributed by atoms with Gasteiger partial charge in [0.25, 0.3) is 0 Å². The van der Waals surface area contributed by atoms with Crippen LogP contribution in [0.1, 0.15) is 72.1 Å². The van der Waals surface area contributed by atoms with Crippen molar-refractivity contribution < 1.29 is 19.1 Å². The van der Waals surface area contributed by atoms with Crippen LogP contribution in [0.4, 0.5) is 0 Å². The van der Waals surface area contributed by atoms with Gasteiger partial charge in [-0.2, -0.15) is 0 Å². The maximum atomic E-state index is 13.1. The summed E-state index contributed by atoms with van der Waals surface area (Å²) >= 11 is 0. The molecule has 0 aliphatic heterocycles. The number of methoxy groups -OCH3 is 1. The average Bonchev–Trinajstić information content (AvgIpc) is 2.67. The highest BCUT2D eigenvalue weighted by atomic mass is 16.5. The van der Waals surface area contributed by atoms with Gasteiger partial charge in [-0.05, 0) is 44.9 Å². The van der Waals surface area contributed by atoms with E-state index in [1.54, 1.807) is 0 Å². The molecule has 0 saturated heterocycles. The molecule has 0 radical (unpaired) electrons. The smallest absolute Gasteiger partial charge is 0.310 e. The van der Waals surface area contributed by atoms with Crippen molar-refractivity contribution >= 4 is 11.9 Å². The summed E-state index contributed by atoms with van der Waals surface area (Å²) < 4.78 is 10.2. The van der Waals surface area contributed by atoms with Crippen LogP contribution in [-0.2, 0) is 19.1 Å². The first-order chi connectivity index (χ1) is 12.5. The molecule has 0 aromatic rings. The Balaban J connectivity index is 2.57. The van der Waals surface area contributed by atoms with E-state index in [1.807, 2.05) is 18.7 Å². The van der Waals surface area contributed by atoms with Gasteiger partial charge in [0, 0.05) is 32.2 Å². The van der Waals surface area contributed by atoms with Gasteiger partial charge < -0.3 is 14.4 Å². The molecular weight excluding hydrogens is 330 g/mol. The summed E-state index contributed by atoms with van der Waals surface area (Å²) in [6.45, 7) is 8.46. The van der Waals surface area contributed by atoms with E-state index in [-0.39, 0.29) is 23.7 Å². The summed E-state index contributed by atoms with van der Waals surface area (Å²) in [5, 5.41) is 0. The number of ether oxygens (including phenoxy) is 2. The van der Waals surface area contributed by atoms with Crippen molar-refractivity contribution in [3.05, 3.63) is 0 Å². The molecule has 1 fully saturated rings. The summed E-state index contributed by atoms with van der Waals surface area (Å²) in [4.78, 5) is 26.7. The van der Waals surface area contributed by atoms with Gasteiger partial charge in [-0.3, -0.25) is 9.59 Å². The Morgan fingerprint density at radius 2 is 1.81 bits per heavy atom. The van der Waals surface area contributed by atoms with Crippen LogP contribution in [0.5, 0.6) is 0 Å². The summed E-state index contributed by atoms with van der Waals surface area (Å²) in [5.41, 5.74) is 0. The summed E-state index contributed by atoms with van der Waals surface area (Å²) in [6.07, 6.45) is 8.95. The van der Waals surface area contributed by atoms with E-state index >= 15 is 0 Å². The van der Waals surface area contributed by atoms with E-state index < -0.39 is 0 Å². The fraction of sp³-hybridized carbons (Fsp3) is 0.905. The molecule has 1 aliphatic carbocycles. The first-order valence-corrected chi connectivity index (χ1v) is 10.5. The predicted molar refractivity (Wildman–Crippen MR) is 104 cm³/mol. The standard InChI is InChI=1S/C21H39NO4/c1-5-7-9-18-10-12-19(13-11-18)20(23)22(14-8-15-26-6-2)16-17(3)21(24)25-4/h17-19H,5-16H2,1-4H3. The molecule has 152 valence electrons. The fourth-order valence-electron chi connectivity index (χ4n) is 3.85. The molecule has 1 saturated carbocycles. The number of carbonyl (C=O) groups is 2. The zero-order chi connectivity index (χ0) is 19.4. The molecule has 5 heteroatoms. The lowest BCUT2D eigenvalue weighted by molar-refractivity contribution is -0.147. The van der Waals surface area contributed by atoms with Gasteiger partial charge in [-0.25, -0.2) is 0 Å². The monoisotopic (exact) mass is 369 g/mol. The average molecular weight is 370 g/mol. The quantitative estimate of drug-likeness (QED) is 0.385. The van der Waals surface area contributed by atoms with Crippen LogP contribution in [0.3, 0.4) is 0 Å². The third kappa shape index (κ3) is 8.07. The highest BCUT2D eigenvalue weighted by Gasteiger charge is 2.30. The summed E-state index contributed by atoms with van der Waals surface area (Å²) in [6, 6.07) is 0. The Kier molecular flexibility index (Phi) is 11.6. The van der Waals surface area contributed by atoms with E-state index in [0.29, 0.717) is 26.3 Å². The second kappa shape index (κ2) is 13.1. The molecular formula is C21H39NO4. The zero-order valence-electron chi connectivity index (χ0n) is 17.3. The van der Waals surface area contributed by atoms with Crippen molar-refractivity contribution in [2.45, 2.75) is 72.1 Å². The van der Waals surface area contributed by atoms with E-state index in [0.717, 1.165) is 38.0 Å². The van der Waals surface area contributed by atoms with Gasteiger partial charge >= 0.3 is 5.97 Å². The third-order valence-corrected chi connectivity index (χ3v) is 5.49. The number of unbranched alkanes of at least 4 members (excludes halogenated alkanes) is 1. The second-order valence-electron chi connectivity index (χ2n) is 7.62. The molecule has 0 N–H and O–H groups in total. The molecule has 5 nitrogen and oxygen atoms in total. The van der Waals surface area contributed by atoms with Gasteiger partial charge in [0.1, 0.15) is 0 Å². The molecule has 0 aromatic carbocycles. The minimum Gasteiger partial charge on any atom is -0.469 e. The van der Waals surface area contributed by atoms with Crippen LogP contribution in [0.2, 0.25) is 0 Å². The topological polar surface area (TPSA) is 55.8 Å². The fourth-order valence-corrected chi connectivity index (χ4v) is 3.85. The van der Waals surface area contributed by atoms with Crippen molar-refractivity contribution in [1.82, 2.24) is 4.90 Å². The molecule has 1 aliphatic rings. The third-order valence-electron chi connectivity index (χ3n) is 5.49. The molecule has 1 amide bonds. The summed E-state index contributed by atoms with van der Waals surface area (Å²) in [7, 11) is 1.40. The van der Waals surface area contributed by atoms with Gasteiger partial charge in [0.05, 0.1) is 13.0 Å². The minimum absolute atomic E-state index is 0.116. The summed E-state index contributed by atoms with van der Waals surface area (Å²) in [5.74, 6) is 0.572. The normalized spacial score (nSPS) is 21.2. The maximum absolute atomic E-state index is 13.1. The molecule has 0 heterocycles. The van der Waals surface area contributed by atoms with Crippen molar-refractivity contribution in [1.29, 1.82) is 0 Å². The molecule has 0 bridgehead atoms. The molecule has 0 spiro atoms. The van der Waals surface area contributed by atoms with Gasteiger partial charge in [0.15, 0.2) is 0 Å². The number of rotatable bonds is 12. The number of carbonyl (C=O) groups excluding carboxylic acids is 2. The van der Waals surface area contributed by atoms with Crippen LogP contribution in [0.25, 0.3) is 0 Å². The van der Waals surface area contributed by atoms with E-state index in [9.17, 15) is 9.59 Å². The second-order valence-corrected chi connectivity index (χ2v) is 7.62.